The van der Waals surface area contributed by atoms with Crippen molar-refractivity contribution < 1.29 is 18.3 Å². The van der Waals surface area contributed by atoms with Gasteiger partial charge in [0.05, 0.1) is 11.5 Å². The topological polar surface area (TPSA) is 86.7 Å². The molecule has 2 aliphatic rings. The summed E-state index contributed by atoms with van der Waals surface area (Å²) in [7, 11) is -1.79. The van der Waals surface area contributed by atoms with Crippen molar-refractivity contribution in [3.63, 3.8) is 0 Å². The zero-order chi connectivity index (χ0) is 16.7. The molecule has 0 radical (unpaired) electrons. The number of hydrogen-bond acceptors (Lipinski definition) is 5. The number of likely N-dealkylation sites (N-methyl/N-ethyl adjacent to an activating group) is 1. The summed E-state index contributed by atoms with van der Waals surface area (Å²) in [5.41, 5.74) is 0. The van der Waals surface area contributed by atoms with Gasteiger partial charge in [-0.05, 0) is 38.4 Å². The molecule has 1 aromatic rings. The average Bonchev–Trinajstić information content (AvgIpc) is 3.29. The standard InChI is InChI=1S/C16H22N2O4S/c1-18-10-12(9-13(18)11-19)17-15(20)16(7-8-16)23(21,22)14-5-3-2-4-6-14/h2-6,12-13,19H,7-11H2,1H3,(H,17,20)/t12-,13+/m1/s1. The summed E-state index contributed by atoms with van der Waals surface area (Å²) in [6, 6.07) is 8.05. The molecule has 2 N–H and O–H groups in total. The minimum absolute atomic E-state index is 0.0150. The Bertz CT molecular complexity index is 685. The van der Waals surface area contributed by atoms with Crippen LogP contribution in [0.2, 0.25) is 0 Å². The van der Waals surface area contributed by atoms with Crippen LogP contribution < -0.4 is 5.32 Å². The van der Waals surface area contributed by atoms with Crippen LogP contribution >= 0.6 is 0 Å². The van der Waals surface area contributed by atoms with Crippen molar-refractivity contribution >= 4 is 15.7 Å². The molecule has 0 spiro atoms. The third kappa shape index (κ3) is 2.77. The number of amides is 1. The highest BCUT2D eigenvalue weighted by Crippen LogP contribution is 2.47. The van der Waals surface area contributed by atoms with E-state index < -0.39 is 20.5 Å². The van der Waals surface area contributed by atoms with E-state index in [0.29, 0.717) is 25.8 Å². The van der Waals surface area contributed by atoms with E-state index in [1.807, 2.05) is 11.9 Å². The molecule has 126 valence electrons. The Morgan fingerprint density at radius 3 is 2.52 bits per heavy atom. The summed E-state index contributed by atoms with van der Waals surface area (Å²) in [6.07, 6.45) is 1.37. The number of nitrogens with one attached hydrogen (secondary N) is 1. The summed E-state index contributed by atoms with van der Waals surface area (Å²) in [6.45, 7) is 0.661. The van der Waals surface area contributed by atoms with Crippen LogP contribution in [0, 0.1) is 0 Å². The molecule has 0 bridgehead atoms. The van der Waals surface area contributed by atoms with Crippen LogP contribution in [0.4, 0.5) is 0 Å². The average molecular weight is 338 g/mol. The highest BCUT2D eigenvalue weighted by molar-refractivity contribution is 7.94. The Morgan fingerprint density at radius 1 is 1.35 bits per heavy atom. The van der Waals surface area contributed by atoms with Crippen LogP contribution in [0.1, 0.15) is 19.3 Å². The van der Waals surface area contributed by atoms with Gasteiger partial charge >= 0.3 is 0 Å². The number of sulfone groups is 1. The number of aliphatic hydroxyl groups excluding tert-OH is 1. The van der Waals surface area contributed by atoms with Gasteiger partial charge in [0.25, 0.3) is 0 Å². The fourth-order valence-electron chi connectivity index (χ4n) is 3.27. The molecule has 6 nitrogen and oxygen atoms in total. The van der Waals surface area contributed by atoms with E-state index in [9.17, 15) is 18.3 Å². The predicted molar refractivity (Wildman–Crippen MR) is 85.6 cm³/mol. The Morgan fingerprint density at radius 2 is 2.00 bits per heavy atom. The van der Waals surface area contributed by atoms with Gasteiger partial charge in [0.1, 0.15) is 0 Å². The maximum atomic E-state index is 12.8. The van der Waals surface area contributed by atoms with Gasteiger partial charge < -0.3 is 10.4 Å². The summed E-state index contributed by atoms with van der Waals surface area (Å²) < 4.78 is 24.3. The van der Waals surface area contributed by atoms with Gasteiger partial charge in [-0.3, -0.25) is 9.69 Å². The lowest BCUT2D eigenvalue weighted by Crippen LogP contribution is -2.47. The van der Waals surface area contributed by atoms with Crippen molar-refractivity contribution in [1.29, 1.82) is 0 Å². The molecule has 1 aliphatic heterocycles. The monoisotopic (exact) mass is 338 g/mol. The van der Waals surface area contributed by atoms with E-state index in [4.69, 9.17) is 0 Å². The first kappa shape index (κ1) is 16.4. The van der Waals surface area contributed by atoms with Crippen LogP contribution in [0.15, 0.2) is 35.2 Å². The van der Waals surface area contributed by atoms with Crippen molar-refractivity contribution in [2.75, 3.05) is 20.2 Å². The van der Waals surface area contributed by atoms with Crippen molar-refractivity contribution in [2.45, 2.75) is 41.0 Å². The number of carbonyl (C=O) groups is 1. The quantitative estimate of drug-likeness (QED) is 0.799. The van der Waals surface area contributed by atoms with Crippen molar-refractivity contribution in [3.05, 3.63) is 30.3 Å². The summed E-state index contributed by atoms with van der Waals surface area (Å²) in [5, 5.41) is 12.2. The second-order valence-electron chi connectivity index (χ2n) is 6.49. The summed E-state index contributed by atoms with van der Waals surface area (Å²) >= 11 is 0. The summed E-state index contributed by atoms with van der Waals surface area (Å²) in [5.74, 6) is -0.404. The highest BCUT2D eigenvalue weighted by Gasteiger charge is 2.61. The second-order valence-corrected chi connectivity index (χ2v) is 8.75. The normalized spacial score (nSPS) is 26.9. The van der Waals surface area contributed by atoms with Crippen molar-refractivity contribution in [1.82, 2.24) is 10.2 Å². The molecule has 1 amide bonds. The molecule has 1 heterocycles. The van der Waals surface area contributed by atoms with E-state index >= 15 is 0 Å². The largest absolute Gasteiger partial charge is 0.395 e. The molecule has 23 heavy (non-hydrogen) atoms. The maximum absolute atomic E-state index is 12.8. The number of likely N-dealkylation sites (tertiary alicyclic amines) is 1. The van der Waals surface area contributed by atoms with E-state index in [1.165, 1.54) is 12.1 Å². The minimum Gasteiger partial charge on any atom is -0.395 e. The molecule has 0 unspecified atom stereocenters. The van der Waals surface area contributed by atoms with Crippen LogP contribution in [-0.4, -0.2) is 61.4 Å². The number of aliphatic hydroxyl groups is 1. The molecule has 1 saturated heterocycles. The number of benzene rings is 1. The minimum atomic E-state index is -3.68. The van der Waals surface area contributed by atoms with Gasteiger partial charge in [-0.25, -0.2) is 8.42 Å². The molecule has 1 saturated carbocycles. The first-order chi connectivity index (χ1) is 10.9. The fourth-order valence-corrected chi connectivity index (χ4v) is 5.18. The van der Waals surface area contributed by atoms with Gasteiger partial charge in [-0.2, -0.15) is 0 Å². The molecular formula is C16H22N2O4S. The number of hydrogen-bond donors (Lipinski definition) is 2. The Kier molecular flexibility index (Phi) is 4.20. The smallest absolute Gasteiger partial charge is 0.242 e. The van der Waals surface area contributed by atoms with E-state index in [1.54, 1.807) is 18.2 Å². The van der Waals surface area contributed by atoms with E-state index in [2.05, 4.69) is 5.32 Å². The molecule has 1 aromatic carbocycles. The fraction of sp³-hybridized carbons (Fsp3) is 0.562. The van der Waals surface area contributed by atoms with Gasteiger partial charge in [0.2, 0.25) is 5.91 Å². The third-order valence-electron chi connectivity index (χ3n) is 4.92. The van der Waals surface area contributed by atoms with Crippen molar-refractivity contribution in [2.24, 2.45) is 0 Å². The first-order valence-electron chi connectivity index (χ1n) is 7.82. The zero-order valence-electron chi connectivity index (χ0n) is 13.1. The van der Waals surface area contributed by atoms with Crippen LogP contribution in [0.25, 0.3) is 0 Å². The van der Waals surface area contributed by atoms with E-state index in [0.717, 1.165) is 0 Å². The number of carbonyl (C=O) groups excluding carboxylic acids is 1. The van der Waals surface area contributed by atoms with Gasteiger partial charge in [0.15, 0.2) is 14.6 Å². The van der Waals surface area contributed by atoms with Gasteiger partial charge in [0, 0.05) is 18.6 Å². The molecule has 0 aromatic heterocycles. The lowest BCUT2D eigenvalue weighted by atomic mass is 10.2. The van der Waals surface area contributed by atoms with Crippen LogP contribution in [0.3, 0.4) is 0 Å². The van der Waals surface area contributed by atoms with Gasteiger partial charge in [-0.1, -0.05) is 18.2 Å². The van der Waals surface area contributed by atoms with E-state index in [-0.39, 0.29) is 23.6 Å². The summed E-state index contributed by atoms with van der Waals surface area (Å²) in [4.78, 5) is 14.8. The van der Waals surface area contributed by atoms with Crippen LogP contribution in [0.5, 0.6) is 0 Å². The maximum Gasteiger partial charge on any atom is 0.242 e. The molecule has 3 rings (SSSR count). The molecule has 2 atom stereocenters. The molecule has 2 fully saturated rings. The predicted octanol–water partition coefficient (Wildman–Crippen LogP) is 0.174. The second kappa shape index (κ2) is 5.89. The van der Waals surface area contributed by atoms with Gasteiger partial charge in [-0.15, -0.1) is 0 Å². The Labute approximate surface area is 136 Å². The lowest BCUT2D eigenvalue weighted by molar-refractivity contribution is -0.122. The third-order valence-corrected chi connectivity index (χ3v) is 7.44. The number of nitrogens with zero attached hydrogens (tertiary/aromatic N) is 1. The molecule has 7 heteroatoms. The zero-order valence-corrected chi connectivity index (χ0v) is 13.9. The van der Waals surface area contributed by atoms with Crippen molar-refractivity contribution in [3.8, 4) is 0 Å². The first-order valence-corrected chi connectivity index (χ1v) is 9.31. The molecular weight excluding hydrogens is 316 g/mol. The molecule has 1 aliphatic carbocycles. The number of rotatable bonds is 5. The van der Waals surface area contributed by atoms with Crippen LogP contribution in [-0.2, 0) is 14.6 Å². The lowest BCUT2D eigenvalue weighted by Gasteiger charge is -2.19. The Balaban J connectivity index is 1.75. The SMILES string of the molecule is CN1C[C@H](NC(=O)C2(S(=O)(=O)c3ccccc3)CC2)C[C@H]1CO. The highest BCUT2D eigenvalue weighted by atomic mass is 32.2. The Hall–Kier alpha value is -1.44.